The second kappa shape index (κ2) is 4.18. The summed E-state index contributed by atoms with van der Waals surface area (Å²) in [5, 5.41) is 0. The van der Waals surface area contributed by atoms with Gasteiger partial charge in [0.1, 0.15) is 17.2 Å². The van der Waals surface area contributed by atoms with Gasteiger partial charge in [-0.05, 0) is 18.2 Å². The summed E-state index contributed by atoms with van der Waals surface area (Å²) in [6.07, 6.45) is 1.46. The Morgan fingerprint density at radius 3 is 2.68 bits per heavy atom. The van der Waals surface area contributed by atoms with E-state index < -0.39 is 15.4 Å². The Hall–Kier alpha value is -1.14. The highest BCUT2D eigenvalue weighted by Gasteiger charge is 2.44. The second-order valence-electron chi connectivity index (χ2n) is 5.43. The third-order valence-electron chi connectivity index (χ3n) is 4.03. The molecule has 1 saturated heterocycles. The Morgan fingerprint density at radius 2 is 2.00 bits per heavy atom. The minimum Gasteiger partial charge on any atom is -0.487 e. The molecule has 2 heterocycles. The van der Waals surface area contributed by atoms with Gasteiger partial charge in [0.2, 0.25) is 0 Å². The summed E-state index contributed by atoms with van der Waals surface area (Å²) in [5.41, 5.74) is 6.25. The second-order valence-corrected chi connectivity index (χ2v) is 7.73. The lowest BCUT2D eigenvalue weighted by atomic mass is 9.83. The van der Waals surface area contributed by atoms with Crippen molar-refractivity contribution >= 4 is 9.84 Å². The molecule has 1 spiro atoms. The van der Waals surface area contributed by atoms with Crippen molar-refractivity contribution in [1.82, 2.24) is 0 Å². The Morgan fingerprint density at radius 1 is 1.32 bits per heavy atom. The summed E-state index contributed by atoms with van der Waals surface area (Å²) in [6.45, 7) is 0. The molecule has 104 valence electrons. The predicted molar refractivity (Wildman–Crippen MR) is 69.2 cm³/mol. The molecule has 0 bridgehead atoms. The maximum absolute atomic E-state index is 13.2. The minimum absolute atomic E-state index is 0.135. The van der Waals surface area contributed by atoms with E-state index >= 15 is 0 Å². The topological polar surface area (TPSA) is 69.4 Å². The van der Waals surface area contributed by atoms with Crippen molar-refractivity contribution in [2.24, 2.45) is 5.73 Å². The fourth-order valence-electron chi connectivity index (χ4n) is 2.90. The summed E-state index contributed by atoms with van der Waals surface area (Å²) >= 11 is 0. The lowest BCUT2D eigenvalue weighted by Gasteiger charge is -2.43. The van der Waals surface area contributed by atoms with Crippen molar-refractivity contribution in [3.05, 3.63) is 29.6 Å². The molecule has 1 aromatic carbocycles. The number of benzene rings is 1. The fourth-order valence-corrected chi connectivity index (χ4v) is 4.47. The first-order valence-corrected chi connectivity index (χ1v) is 8.16. The van der Waals surface area contributed by atoms with Crippen LogP contribution in [0.1, 0.15) is 30.9 Å². The number of sulfone groups is 1. The molecule has 1 aromatic rings. The monoisotopic (exact) mass is 285 g/mol. The van der Waals surface area contributed by atoms with Gasteiger partial charge in [-0.25, -0.2) is 12.8 Å². The van der Waals surface area contributed by atoms with Gasteiger partial charge >= 0.3 is 0 Å². The number of ether oxygens (including phenoxy) is 1. The number of fused-ring (bicyclic) bond motifs is 1. The van der Waals surface area contributed by atoms with Crippen molar-refractivity contribution < 1.29 is 17.5 Å². The lowest BCUT2D eigenvalue weighted by Crippen LogP contribution is -2.48. The molecule has 3 rings (SSSR count). The SMILES string of the molecule is N[C@@H]1CC2(CCS(=O)(=O)CC2)Oc2ccc(F)cc21. The third-order valence-corrected chi connectivity index (χ3v) is 5.68. The van der Waals surface area contributed by atoms with E-state index in [2.05, 4.69) is 0 Å². The highest BCUT2D eigenvalue weighted by molar-refractivity contribution is 7.91. The van der Waals surface area contributed by atoms with Gasteiger partial charge < -0.3 is 10.5 Å². The van der Waals surface area contributed by atoms with Crippen LogP contribution < -0.4 is 10.5 Å². The minimum atomic E-state index is -2.94. The van der Waals surface area contributed by atoms with Crippen LogP contribution in [-0.4, -0.2) is 25.5 Å². The number of nitrogens with two attached hydrogens (primary N) is 1. The third kappa shape index (κ3) is 2.34. The summed E-state index contributed by atoms with van der Waals surface area (Å²) in [5.74, 6) is 0.520. The van der Waals surface area contributed by atoms with E-state index in [0.717, 1.165) is 0 Å². The average molecular weight is 285 g/mol. The Balaban J connectivity index is 1.91. The summed E-state index contributed by atoms with van der Waals surface area (Å²) in [7, 11) is -2.94. The van der Waals surface area contributed by atoms with Crippen molar-refractivity contribution in [2.75, 3.05) is 11.5 Å². The van der Waals surface area contributed by atoms with E-state index in [0.29, 0.717) is 30.6 Å². The highest BCUT2D eigenvalue weighted by atomic mass is 32.2. The van der Waals surface area contributed by atoms with Crippen molar-refractivity contribution in [3.8, 4) is 5.75 Å². The molecule has 0 radical (unpaired) electrons. The van der Waals surface area contributed by atoms with Crippen LogP contribution in [0.2, 0.25) is 0 Å². The van der Waals surface area contributed by atoms with Gasteiger partial charge in [-0.15, -0.1) is 0 Å². The van der Waals surface area contributed by atoms with E-state index in [9.17, 15) is 12.8 Å². The number of hydrogen-bond donors (Lipinski definition) is 1. The number of rotatable bonds is 0. The smallest absolute Gasteiger partial charge is 0.150 e. The van der Waals surface area contributed by atoms with Gasteiger partial charge in [0.25, 0.3) is 0 Å². The molecule has 2 aliphatic heterocycles. The largest absolute Gasteiger partial charge is 0.487 e. The van der Waals surface area contributed by atoms with Crippen LogP contribution in [0.3, 0.4) is 0 Å². The predicted octanol–water partition coefficient (Wildman–Crippen LogP) is 1.56. The van der Waals surface area contributed by atoms with Crippen LogP contribution in [0.5, 0.6) is 5.75 Å². The van der Waals surface area contributed by atoms with Gasteiger partial charge in [0.15, 0.2) is 9.84 Å². The maximum Gasteiger partial charge on any atom is 0.150 e. The van der Waals surface area contributed by atoms with Crippen molar-refractivity contribution in [2.45, 2.75) is 30.9 Å². The fraction of sp³-hybridized carbons (Fsp3) is 0.538. The molecule has 4 nitrogen and oxygen atoms in total. The van der Waals surface area contributed by atoms with Gasteiger partial charge in [0, 0.05) is 30.9 Å². The zero-order chi connectivity index (χ0) is 13.7. The van der Waals surface area contributed by atoms with Crippen molar-refractivity contribution in [3.63, 3.8) is 0 Å². The van der Waals surface area contributed by atoms with Gasteiger partial charge in [-0.1, -0.05) is 0 Å². The van der Waals surface area contributed by atoms with Crippen molar-refractivity contribution in [1.29, 1.82) is 0 Å². The molecule has 19 heavy (non-hydrogen) atoms. The Kier molecular flexibility index (Phi) is 2.83. The van der Waals surface area contributed by atoms with E-state index in [1.165, 1.54) is 12.1 Å². The average Bonchev–Trinajstić information content (AvgIpc) is 2.35. The molecular weight excluding hydrogens is 269 g/mol. The molecule has 0 unspecified atom stereocenters. The van der Waals surface area contributed by atoms with Gasteiger partial charge in [-0.2, -0.15) is 0 Å². The molecule has 0 aliphatic carbocycles. The Labute approximate surface area is 111 Å². The molecule has 0 saturated carbocycles. The summed E-state index contributed by atoms with van der Waals surface area (Å²) in [4.78, 5) is 0. The molecule has 0 amide bonds. The molecule has 1 atom stereocenters. The lowest BCUT2D eigenvalue weighted by molar-refractivity contribution is 0.0262. The van der Waals surface area contributed by atoms with Crippen LogP contribution in [-0.2, 0) is 9.84 Å². The van der Waals surface area contributed by atoms with E-state index in [-0.39, 0.29) is 23.4 Å². The molecule has 6 heteroatoms. The number of hydrogen-bond acceptors (Lipinski definition) is 4. The van der Waals surface area contributed by atoms with E-state index in [4.69, 9.17) is 10.5 Å². The maximum atomic E-state index is 13.2. The molecule has 0 aromatic heterocycles. The van der Waals surface area contributed by atoms with Crippen LogP contribution >= 0.6 is 0 Å². The standard InChI is InChI=1S/C13H16FNO3S/c14-9-1-2-12-10(7-9)11(15)8-13(18-12)3-5-19(16,17)6-4-13/h1-2,7,11H,3-6,8,15H2/t11-/m1/s1. The molecule has 1 fully saturated rings. The Bertz CT molecular complexity index is 600. The molecule has 2 N–H and O–H groups in total. The summed E-state index contributed by atoms with van der Waals surface area (Å²) in [6, 6.07) is 4.01. The first kappa shape index (κ1) is 12.9. The van der Waals surface area contributed by atoms with Crippen LogP contribution in [0.4, 0.5) is 4.39 Å². The molecular formula is C13H16FNO3S. The van der Waals surface area contributed by atoms with Crippen LogP contribution in [0, 0.1) is 5.82 Å². The zero-order valence-corrected chi connectivity index (χ0v) is 11.2. The van der Waals surface area contributed by atoms with E-state index in [1.54, 1.807) is 6.07 Å². The van der Waals surface area contributed by atoms with Crippen LogP contribution in [0.25, 0.3) is 0 Å². The van der Waals surface area contributed by atoms with E-state index in [1.807, 2.05) is 0 Å². The number of halogens is 1. The van der Waals surface area contributed by atoms with Gasteiger partial charge in [0.05, 0.1) is 11.5 Å². The van der Waals surface area contributed by atoms with Crippen LogP contribution in [0.15, 0.2) is 18.2 Å². The van der Waals surface area contributed by atoms with Gasteiger partial charge in [-0.3, -0.25) is 0 Å². The highest BCUT2D eigenvalue weighted by Crippen LogP contribution is 2.43. The summed E-state index contributed by atoms with van der Waals surface area (Å²) < 4.78 is 42.2. The molecule has 2 aliphatic rings. The first-order valence-electron chi connectivity index (χ1n) is 6.34. The quantitative estimate of drug-likeness (QED) is 0.785. The first-order chi connectivity index (χ1) is 8.89. The zero-order valence-electron chi connectivity index (χ0n) is 10.4. The normalized spacial score (nSPS) is 27.6.